The van der Waals surface area contributed by atoms with Crippen molar-refractivity contribution in [2.75, 3.05) is 12.0 Å². The van der Waals surface area contributed by atoms with E-state index in [-0.39, 0.29) is 12.1 Å². The molecule has 0 aliphatic rings. The lowest BCUT2D eigenvalue weighted by Gasteiger charge is -2.11. The summed E-state index contributed by atoms with van der Waals surface area (Å²) in [6, 6.07) is 3.43. The van der Waals surface area contributed by atoms with E-state index in [4.69, 9.17) is 4.74 Å². The number of fused-ring (bicyclic) bond motifs is 1. The monoisotopic (exact) mass is 251 g/mol. The lowest BCUT2D eigenvalue weighted by Crippen LogP contribution is -2.17. The third-order valence-corrected chi connectivity index (χ3v) is 3.04. The van der Waals surface area contributed by atoms with E-state index in [2.05, 4.69) is 10.2 Å². The van der Waals surface area contributed by atoms with Gasteiger partial charge in [-0.1, -0.05) is 0 Å². The highest BCUT2D eigenvalue weighted by atomic mass is 32.2. The first kappa shape index (κ1) is 11.9. The van der Waals surface area contributed by atoms with Gasteiger partial charge in [0.15, 0.2) is 5.65 Å². The highest BCUT2D eigenvalue weighted by molar-refractivity contribution is 7.98. The summed E-state index contributed by atoms with van der Waals surface area (Å²) < 4.78 is 6.98. The van der Waals surface area contributed by atoms with Crippen LogP contribution in [0.3, 0.4) is 0 Å². The van der Waals surface area contributed by atoms with E-state index in [9.17, 15) is 4.79 Å². The summed E-state index contributed by atoms with van der Waals surface area (Å²) in [6.45, 7) is 1.88. The molecule has 6 heteroatoms. The van der Waals surface area contributed by atoms with Gasteiger partial charge < -0.3 is 4.74 Å². The van der Waals surface area contributed by atoms with Crippen LogP contribution in [-0.4, -0.2) is 38.7 Å². The standard InChI is InChI=1S/C11H13N3O2S/c1-8(6-17-2)16-11(15)9-3-4-10-13-12-7-14(10)5-9/h3-5,7-8H,6H2,1-2H3/t8-/m0/s1. The molecule has 2 aromatic heterocycles. The van der Waals surface area contributed by atoms with E-state index >= 15 is 0 Å². The van der Waals surface area contributed by atoms with Crippen LogP contribution in [0, 0.1) is 0 Å². The Morgan fingerprint density at radius 1 is 1.59 bits per heavy atom. The number of rotatable bonds is 4. The quantitative estimate of drug-likeness (QED) is 0.773. The first-order chi connectivity index (χ1) is 8.20. The number of thioether (sulfide) groups is 1. The van der Waals surface area contributed by atoms with Crippen LogP contribution in [0.4, 0.5) is 0 Å². The first-order valence-electron chi connectivity index (χ1n) is 5.20. The van der Waals surface area contributed by atoms with Crippen molar-refractivity contribution in [3.05, 3.63) is 30.2 Å². The van der Waals surface area contributed by atoms with Gasteiger partial charge in [0.05, 0.1) is 5.56 Å². The third-order valence-electron chi connectivity index (χ3n) is 2.24. The molecule has 0 bridgehead atoms. The fourth-order valence-electron chi connectivity index (χ4n) is 1.47. The van der Waals surface area contributed by atoms with Crippen molar-refractivity contribution < 1.29 is 9.53 Å². The maximum Gasteiger partial charge on any atom is 0.339 e. The number of hydrogen-bond donors (Lipinski definition) is 0. The minimum absolute atomic E-state index is 0.0888. The molecule has 0 saturated heterocycles. The molecular formula is C11H13N3O2S. The highest BCUT2D eigenvalue weighted by Crippen LogP contribution is 2.08. The SMILES string of the molecule is CSC[C@H](C)OC(=O)c1ccc2nncn2c1. The molecule has 0 spiro atoms. The molecule has 0 aliphatic carbocycles. The second-order valence-corrected chi connectivity index (χ2v) is 4.60. The molecule has 0 radical (unpaired) electrons. The largest absolute Gasteiger partial charge is 0.458 e. The number of aromatic nitrogens is 3. The van der Waals surface area contributed by atoms with Gasteiger partial charge in [-0.25, -0.2) is 4.79 Å². The van der Waals surface area contributed by atoms with Crippen molar-refractivity contribution in [2.45, 2.75) is 13.0 Å². The molecule has 0 N–H and O–H groups in total. The average Bonchev–Trinajstić information content (AvgIpc) is 2.75. The molecular weight excluding hydrogens is 238 g/mol. The Hall–Kier alpha value is -1.56. The zero-order chi connectivity index (χ0) is 12.3. The topological polar surface area (TPSA) is 56.5 Å². The van der Waals surface area contributed by atoms with Gasteiger partial charge in [-0.2, -0.15) is 11.8 Å². The minimum Gasteiger partial charge on any atom is -0.458 e. The predicted octanol–water partition coefficient (Wildman–Crippen LogP) is 1.64. The molecule has 90 valence electrons. The fraction of sp³-hybridized carbons (Fsp3) is 0.364. The van der Waals surface area contributed by atoms with Crippen LogP contribution in [0.15, 0.2) is 24.7 Å². The minimum atomic E-state index is -0.317. The zero-order valence-corrected chi connectivity index (χ0v) is 10.5. The normalized spacial score (nSPS) is 12.6. The number of ether oxygens (including phenoxy) is 1. The maximum absolute atomic E-state index is 11.8. The van der Waals surface area contributed by atoms with E-state index in [1.54, 1.807) is 40.8 Å². The summed E-state index contributed by atoms with van der Waals surface area (Å²) >= 11 is 1.65. The second kappa shape index (κ2) is 5.18. The number of hydrogen-bond acceptors (Lipinski definition) is 5. The van der Waals surface area contributed by atoms with Crippen LogP contribution in [0.25, 0.3) is 5.65 Å². The fourth-order valence-corrected chi connectivity index (χ4v) is 2.01. The lowest BCUT2D eigenvalue weighted by atomic mass is 10.3. The summed E-state index contributed by atoms with van der Waals surface area (Å²) in [5, 5.41) is 7.62. The van der Waals surface area contributed by atoms with Gasteiger partial charge in [0.2, 0.25) is 0 Å². The average molecular weight is 251 g/mol. The number of nitrogens with zero attached hydrogens (tertiary/aromatic N) is 3. The van der Waals surface area contributed by atoms with E-state index < -0.39 is 0 Å². The van der Waals surface area contributed by atoms with E-state index in [0.29, 0.717) is 11.2 Å². The first-order valence-corrected chi connectivity index (χ1v) is 6.59. The Balaban J connectivity index is 2.13. The summed E-state index contributed by atoms with van der Waals surface area (Å²) in [5.74, 6) is 0.475. The molecule has 0 unspecified atom stereocenters. The maximum atomic E-state index is 11.8. The van der Waals surface area contributed by atoms with Crippen molar-refractivity contribution >= 4 is 23.4 Å². The molecule has 17 heavy (non-hydrogen) atoms. The van der Waals surface area contributed by atoms with Crippen LogP contribution in [0.5, 0.6) is 0 Å². The van der Waals surface area contributed by atoms with Crippen molar-refractivity contribution in [1.29, 1.82) is 0 Å². The number of pyridine rings is 1. The molecule has 0 saturated carbocycles. The van der Waals surface area contributed by atoms with Crippen molar-refractivity contribution in [3.8, 4) is 0 Å². The number of carbonyl (C=O) groups excluding carboxylic acids is 1. The van der Waals surface area contributed by atoms with Crippen molar-refractivity contribution in [2.24, 2.45) is 0 Å². The Kier molecular flexibility index (Phi) is 3.63. The molecule has 2 heterocycles. The van der Waals surface area contributed by atoms with Crippen LogP contribution < -0.4 is 0 Å². The van der Waals surface area contributed by atoms with Crippen molar-refractivity contribution in [1.82, 2.24) is 14.6 Å². The van der Waals surface area contributed by atoms with Crippen LogP contribution >= 0.6 is 11.8 Å². The van der Waals surface area contributed by atoms with Gasteiger partial charge in [0.1, 0.15) is 12.4 Å². The Morgan fingerprint density at radius 3 is 3.18 bits per heavy atom. The smallest absolute Gasteiger partial charge is 0.339 e. The predicted molar refractivity (Wildman–Crippen MR) is 66.2 cm³/mol. The zero-order valence-electron chi connectivity index (χ0n) is 9.66. The van der Waals surface area contributed by atoms with Crippen LogP contribution in [0.1, 0.15) is 17.3 Å². The lowest BCUT2D eigenvalue weighted by molar-refractivity contribution is 0.0385. The molecule has 0 aromatic carbocycles. The van der Waals surface area contributed by atoms with Crippen molar-refractivity contribution in [3.63, 3.8) is 0 Å². The molecule has 0 fully saturated rings. The summed E-state index contributed by atoms with van der Waals surface area (Å²) in [7, 11) is 0. The van der Waals surface area contributed by atoms with Gasteiger partial charge in [-0.15, -0.1) is 10.2 Å². The highest BCUT2D eigenvalue weighted by Gasteiger charge is 2.12. The Labute approximate surface area is 103 Å². The molecule has 0 amide bonds. The summed E-state index contributed by atoms with van der Waals surface area (Å²) in [6.07, 6.45) is 5.11. The molecule has 1 atom stereocenters. The second-order valence-electron chi connectivity index (χ2n) is 3.69. The third kappa shape index (κ3) is 2.76. The van der Waals surface area contributed by atoms with Gasteiger partial charge in [0.25, 0.3) is 0 Å². The Morgan fingerprint density at radius 2 is 2.41 bits per heavy atom. The summed E-state index contributed by atoms with van der Waals surface area (Å²) in [5.41, 5.74) is 1.21. The van der Waals surface area contributed by atoms with Crippen LogP contribution in [-0.2, 0) is 4.74 Å². The van der Waals surface area contributed by atoms with Gasteiger partial charge in [-0.05, 0) is 25.3 Å². The van der Waals surface area contributed by atoms with Gasteiger partial charge in [-0.3, -0.25) is 4.40 Å². The number of esters is 1. The molecule has 5 nitrogen and oxygen atoms in total. The Bertz CT molecular complexity index is 526. The summed E-state index contributed by atoms with van der Waals surface area (Å²) in [4.78, 5) is 11.8. The van der Waals surface area contributed by atoms with Crippen LogP contribution in [0.2, 0.25) is 0 Å². The molecule has 0 aliphatic heterocycles. The van der Waals surface area contributed by atoms with Gasteiger partial charge in [0, 0.05) is 11.9 Å². The van der Waals surface area contributed by atoms with E-state index in [1.807, 2.05) is 13.2 Å². The van der Waals surface area contributed by atoms with Gasteiger partial charge >= 0.3 is 5.97 Å². The number of carbonyl (C=O) groups is 1. The van der Waals surface area contributed by atoms with E-state index in [1.165, 1.54) is 0 Å². The molecule has 2 rings (SSSR count). The molecule has 2 aromatic rings. The van der Waals surface area contributed by atoms with E-state index in [0.717, 1.165) is 5.75 Å².